The van der Waals surface area contributed by atoms with Gasteiger partial charge in [0.2, 0.25) is 0 Å². The zero-order valence-electron chi connectivity index (χ0n) is 9.90. The van der Waals surface area contributed by atoms with Gasteiger partial charge in [0, 0.05) is 0 Å². The van der Waals surface area contributed by atoms with Crippen LogP contribution in [0.2, 0.25) is 0 Å². The van der Waals surface area contributed by atoms with Crippen molar-refractivity contribution in [1.29, 1.82) is 5.26 Å². The lowest BCUT2D eigenvalue weighted by atomic mass is 9.71. The SMILES string of the molecule is CCOC(=O)C1(C#N)CCCc2ccccc21. The van der Waals surface area contributed by atoms with Gasteiger partial charge in [-0.2, -0.15) is 5.26 Å². The topological polar surface area (TPSA) is 50.1 Å². The first kappa shape index (κ1) is 11.7. The highest BCUT2D eigenvalue weighted by Gasteiger charge is 2.45. The number of hydrogen-bond acceptors (Lipinski definition) is 3. The van der Waals surface area contributed by atoms with Crippen LogP contribution in [0.4, 0.5) is 0 Å². The third-order valence-corrected chi connectivity index (χ3v) is 3.29. The molecule has 1 aliphatic carbocycles. The molecule has 1 unspecified atom stereocenters. The molecule has 0 aromatic heterocycles. The molecule has 2 rings (SSSR count). The van der Waals surface area contributed by atoms with Crippen LogP contribution >= 0.6 is 0 Å². The number of rotatable bonds is 2. The Morgan fingerprint density at radius 3 is 3.00 bits per heavy atom. The molecule has 1 atom stereocenters. The molecule has 88 valence electrons. The molecule has 0 saturated carbocycles. The smallest absolute Gasteiger partial charge is 0.331 e. The number of nitriles is 1. The summed E-state index contributed by atoms with van der Waals surface area (Å²) in [6.07, 6.45) is 2.34. The summed E-state index contributed by atoms with van der Waals surface area (Å²) in [5.74, 6) is -0.408. The molecule has 1 aliphatic rings. The Morgan fingerprint density at radius 2 is 2.29 bits per heavy atom. The van der Waals surface area contributed by atoms with Gasteiger partial charge < -0.3 is 4.74 Å². The predicted octanol–water partition coefficient (Wildman–Crippen LogP) is 2.35. The lowest BCUT2D eigenvalue weighted by molar-refractivity contribution is -0.148. The fourth-order valence-corrected chi connectivity index (χ4v) is 2.46. The summed E-state index contributed by atoms with van der Waals surface area (Å²) >= 11 is 0. The van der Waals surface area contributed by atoms with Gasteiger partial charge in [0.05, 0.1) is 12.7 Å². The van der Waals surface area contributed by atoms with E-state index in [1.807, 2.05) is 24.3 Å². The van der Waals surface area contributed by atoms with Gasteiger partial charge in [-0.15, -0.1) is 0 Å². The maximum atomic E-state index is 12.1. The van der Waals surface area contributed by atoms with Gasteiger partial charge in [0.25, 0.3) is 0 Å². The number of carbonyl (C=O) groups excluding carboxylic acids is 1. The molecule has 0 fully saturated rings. The van der Waals surface area contributed by atoms with Gasteiger partial charge in [-0.1, -0.05) is 24.3 Å². The Morgan fingerprint density at radius 1 is 1.53 bits per heavy atom. The number of esters is 1. The number of fused-ring (bicyclic) bond motifs is 1. The Hall–Kier alpha value is -1.82. The van der Waals surface area contributed by atoms with Crippen molar-refractivity contribution in [3.05, 3.63) is 35.4 Å². The van der Waals surface area contributed by atoms with Crippen LogP contribution in [0.3, 0.4) is 0 Å². The molecule has 0 amide bonds. The van der Waals surface area contributed by atoms with E-state index in [2.05, 4.69) is 6.07 Å². The van der Waals surface area contributed by atoms with Crippen molar-refractivity contribution in [3.8, 4) is 6.07 Å². The van der Waals surface area contributed by atoms with Gasteiger partial charge in [-0.25, -0.2) is 4.79 Å². The summed E-state index contributed by atoms with van der Waals surface area (Å²) < 4.78 is 5.07. The van der Waals surface area contributed by atoms with Gasteiger partial charge in [-0.05, 0) is 37.3 Å². The zero-order chi connectivity index (χ0) is 12.3. The van der Waals surface area contributed by atoms with E-state index < -0.39 is 11.4 Å². The second kappa shape index (κ2) is 4.58. The van der Waals surface area contributed by atoms with Crippen molar-refractivity contribution < 1.29 is 9.53 Å². The van der Waals surface area contributed by atoms with Crippen LogP contribution in [0.5, 0.6) is 0 Å². The van der Waals surface area contributed by atoms with Crippen molar-refractivity contribution in [1.82, 2.24) is 0 Å². The Bertz CT molecular complexity index is 475. The fourth-order valence-electron chi connectivity index (χ4n) is 2.46. The van der Waals surface area contributed by atoms with Crippen molar-refractivity contribution in [2.75, 3.05) is 6.61 Å². The molecule has 3 heteroatoms. The molecule has 17 heavy (non-hydrogen) atoms. The van der Waals surface area contributed by atoms with Crippen LogP contribution in [-0.2, 0) is 21.4 Å². The minimum absolute atomic E-state index is 0.310. The highest BCUT2D eigenvalue weighted by Crippen LogP contribution is 2.37. The Balaban J connectivity index is 2.50. The largest absolute Gasteiger partial charge is 0.465 e. The summed E-state index contributed by atoms with van der Waals surface area (Å²) in [7, 11) is 0. The van der Waals surface area contributed by atoms with Crippen molar-refractivity contribution >= 4 is 5.97 Å². The molecule has 0 radical (unpaired) electrons. The van der Waals surface area contributed by atoms with Crippen molar-refractivity contribution in [2.45, 2.75) is 31.6 Å². The summed E-state index contributed by atoms with van der Waals surface area (Å²) in [6.45, 7) is 2.07. The van der Waals surface area contributed by atoms with E-state index in [4.69, 9.17) is 4.74 Å². The third-order valence-electron chi connectivity index (χ3n) is 3.29. The highest BCUT2D eigenvalue weighted by molar-refractivity contribution is 5.87. The van der Waals surface area contributed by atoms with E-state index in [9.17, 15) is 10.1 Å². The van der Waals surface area contributed by atoms with E-state index in [-0.39, 0.29) is 0 Å². The average Bonchev–Trinajstić information content (AvgIpc) is 2.38. The lowest BCUT2D eigenvalue weighted by Crippen LogP contribution is -2.39. The van der Waals surface area contributed by atoms with Crippen LogP contribution in [-0.4, -0.2) is 12.6 Å². The van der Waals surface area contributed by atoms with E-state index in [0.717, 1.165) is 24.0 Å². The van der Waals surface area contributed by atoms with Gasteiger partial charge in [0.1, 0.15) is 0 Å². The second-order valence-corrected chi connectivity index (χ2v) is 4.25. The van der Waals surface area contributed by atoms with Crippen molar-refractivity contribution in [2.24, 2.45) is 0 Å². The van der Waals surface area contributed by atoms with Crippen LogP contribution in [0.15, 0.2) is 24.3 Å². The molecule has 1 aromatic carbocycles. The first-order valence-corrected chi connectivity index (χ1v) is 5.91. The monoisotopic (exact) mass is 229 g/mol. The normalized spacial score (nSPS) is 22.4. The third kappa shape index (κ3) is 1.80. The van der Waals surface area contributed by atoms with Gasteiger partial charge in [0.15, 0.2) is 5.41 Å². The summed E-state index contributed by atoms with van der Waals surface area (Å²) in [4.78, 5) is 12.1. The molecule has 0 spiro atoms. The van der Waals surface area contributed by atoms with Crippen LogP contribution < -0.4 is 0 Å². The summed E-state index contributed by atoms with van der Waals surface area (Å²) in [6, 6.07) is 9.85. The molecule has 1 aromatic rings. The standard InChI is InChI=1S/C14H15NO2/c1-2-17-13(16)14(10-15)9-5-7-11-6-3-4-8-12(11)14/h3-4,6,8H,2,5,7,9H2,1H3. The quantitative estimate of drug-likeness (QED) is 0.731. The molecule has 0 bridgehead atoms. The second-order valence-electron chi connectivity index (χ2n) is 4.25. The molecule has 0 saturated heterocycles. The van der Waals surface area contributed by atoms with Crippen molar-refractivity contribution in [3.63, 3.8) is 0 Å². The lowest BCUT2D eigenvalue weighted by Gasteiger charge is -2.30. The number of carbonyl (C=O) groups is 1. The first-order chi connectivity index (χ1) is 8.24. The number of benzene rings is 1. The Kier molecular flexibility index (Phi) is 3.14. The minimum Gasteiger partial charge on any atom is -0.465 e. The van der Waals surface area contributed by atoms with E-state index >= 15 is 0 Å². The molecule has 0 aliphatic heterocycles. The van der Waals surface area contributed by atoms with Crippen LogP contribution in [0, 0.1) is 11.3 Å². The fraction of sp³-hybridized carbons (Fsp3) is 0.429. The van der Waals surface area contributed by atoms with Crippen LogP contribution in [0.25, 0.3) is 0 Å². The molecule has 0 N–H and O–H groups in total. The number of ether oxygens (including phenoxy) is 1. The zero-order valence-corrected chi connectivity index (χ0v) is 9.90. The maximum absolute atomic E-state index is 12.1. The highest BCUT2D eigenvalue weighted by atomic mass is 16.5. The van der Waals surface area contributed by atoms with Crippen LogP contribution in [0.1, 0.15) is 30.9 Å². The summed E-state index contributed by atoms with van der Waals surface area (Å²) in [5.41, 5.74) is 0.825. The minimum atomic E-state index is -1.09. The summed E-state index contributed by atoms with van der Waals surface area (Å²) in [5, 5.41) is 9.43. The number of nitrogens with zero attached hydrogens (tertiary/aromatic N) is 1. The predicted molar refractivity (Wildman–Crippen MR) is 63.3 cm³/mol. The van der Waals surface area contributed by atoms with Gasteiger partial charge >= 0.3 is 5.97 Å². The van der Waals surface area contributed by atoms with Gasteiger partial charge in [-0.3, -0.25) is 0 Å². The van der Waals surface area contributed by atoms with E-state index in [1.165, 1.54) is 0 Å². The van der Waals surface area contributed by atoms with E-state index in [1.54, 1.807) is 6.92 Å². The number of hydrogen-bond donors (Lipinski definition) is 0. The van der Waals surface area contributed by atoms with E-state index in [0.29, 0.717) is 13.0 Å². The number of aryl methyl sites for hydroxylation is 1. The average molecular weight is 229 g/mol. The molecule has 3 nitrogen and oxygen atoms in total. The Labute approximate surface area is 101 Å². The maximum Gasteiger partial charge on any atom is 0.331 e. The molecular weight excluding hydrogens is 214 g/mol. The molecular formula is C14H15NO2. The molecule has 0 heterocycles. The first-order valence-electron chi connectivity index (χ1n) is 5.91.